The number of carbonyl (C=O) groups excluding carboxylic acids is 1. The summed E-state index contributed by atoms with van der Waals surface area (Å²) in [6.45, 7) is 2.76. The molecule has 2 amide bonds. The number of carboxylic acids is 1. The standard InChI is InChI=1S/C14H25N3O4/c1-14(21,7-12(18)19)9-15-13(20)17-6-5-10-3-4-11(8-17)16(10)2/h10-11,21H,3-9H2,1-2H3,(H,15,20)(H,18,19). The molecule has 2 heterocycles. The van der Waals surface area contributed by atoms with Gasteiger partial charge in [0.1, 0.15) is 0 Å². The molecule has 0 aromatic rings. The summed E-state index contributed by atoms with van der Waals surface area (Å²) in [6, 6.07) is 0.743. The molecule has 120 valence electrons. The Bertz CT molecular complexity index is 413. The van der Waals surface area contributed by atoms with Crippen LogP contribution in [0.4, 0.5) is 4.79 Å². The summed E-state index contributed by atoms with van der Waals surface area (Å²) in [6.07, 6.45) is 2.89. The molecule has 3 N–H and O–H groups in total. The van der Waals surface area contributed by atoms with Gasteiger partial charge in [-0.2, -0.15) is 0 Å². The number of hydrogen-bond donors (Lipinski definition) is 3. The van der Waals surface area contributed by atoms with Gasteiger partial charge in [0.05, 0.1) is 12.0 Å². The molecule has 2 fully saturated rings. The van der Waals surface area contributed by atoms with Gasteiger partial charge in [0.2, 0.25) is 0 Å². The number of aliphatic carboxylic acids is 1. The van der Waals surface area contributed by atoms with E-state index in [9.17, 15) is 14.7 Å². The highest BCUT2D eigenvalue weighted by molar-refractivity contribution is 5.74. The minimum atomic E-state index is -1.43. The third-order valence-electron chi connectivity index (χ3n) is 4.59. The molecule has 0 aliphatic carbocycles. The molecule has 2 rings (SSSR count). The van der Waals surface area contributed by atoms with Crippen LogP contribution in [0.25, 0.3) is 0 Å². The molecule has 7 nitrogen and oxygen atoms in total. The molecule has 2 saturated heterocycles. The number of rotatable bonds is 4. The molecule has 0 saturated carbocycles. The molecule has 7 heteroatoms. The lowest BCUT2D eigenvalue weighted by Crippen LogP contribution is -2.49. The maximum atomic E-state index is 12.2. The first kappa shape index (κ1) is 16.0. The molecule has 0 aromatic heterocycles. The van der Waals surface area contributed by atoms with E-state index in [0.29, 0.717) is 25.2 Å². The quantitative estimate of drug-likeness (QED) is 0.684. The predicted molar refractivity (Wildman–Crippen MR) is 77.0 cm³/mol. The van der Waals surface area contributed by atoms with Crippen LogP contribution in [-0.4, -0.2) is 76.4 Å². The summed E-state index contributed by atoms with van der Waals surface area (Å²) < 4.78 is 0. The number of nitrogens with one attached hydrogen (secondary N) is 1. The number of fused-ring (bicyclic) bond motifs is 2. The number of carbonyl (C=O) groups is 2. The SMILES string of the molecule is CN1C2CCC1CN(C(=O)NCC(C)(O)CC(=O)O)CC2. The second-order valence-electron chi connectivity index (χ2n) is 6.51. The topological polar surface area (TPSA) is 93.1 Å². The van der Waals surface area contributed by atoms with Crippen LogP contribution < -0.4 is 5.32 Å². The summed E-state index contributed by atoms with van der Waals surface area (Å²) in [5, 5.41) is 21.3. The fourth-order valence-corrected chi connectivity index (χ4v) is 3.26. The lowest BCUT2D eigenvalue weighted by Gasteiger charge is -2.28. The van der Waals surface area contributed by atoms with Crippen LogP contribution in [0.15, 0.2) is 0 Å². The minimum absolute atomic E-state index is 0.0570. The van der Waals surface area contributed by atoms with Crippen LogP contribution in [-0.2, 0) is 4.79 Å². The highest BCUT2D eigenvalue weighted by atomic mass is 16.4. The van der Waals surface area contributed by atoms with Gasteiger partial charge in [-0.25, -0.2) is 4.79 Å². The lowest BCUT2D eigenvalue weighted by molar-refractivity contribution is -0.141. The monoisotopic (exact) mass is 299 g/mol. The van der Waals surface area contributed by atoms with Gasteiger partial charge >= 0.3 is 12.0 Å². The first-order chi connectivity index (χ1) is 9.78. The van der Waals surface area contributed by atoms with Crippen LogP contribution in [0, 0.1) is 0 Å². The van der Waals surface area contributed by atoms with Crippen molar-refractivity contribution in [2.75, 3.05) is 26.7 Å². The fraction of sp³-hybridized carbons (Fsp3) is 0.857. The third kappa shape index (κ3) is 4.07. The van der Waals surface area contributed by atoms with E-state index in [1.54, 1.807) is 4.90 Å². The predicted octanol–water partition coefficient (Wildman–Crippen LogP) is 0.0902. The van der Waals surface area contributed by atoms with Crippen molar-refractivity contribution in [3.8, 4) is 0 Å². The van der Waals surface area contributed by atoms with Gasteiger partial charge in [0.25, 0.3) is 0 Å². The van der Waals surface area contributed by atoms with Gasteiger partial charge in [0.15, 0.2) is 0 Å². The van der Waals surface area contributed by atoms with Crippen molar-refractivity contribution in [1.82, 2.24) is 15.1 Å². The van der Waals surface area contributed by atoms with Gasteiger partial charge in [0, 0.05) is 31.7 Å². The Morgan fingerprint density at radius 3 is 2.62 bits per heavy atom. The summed E-state index contributed by atoms with van der Waals surface area (Å²) >= 11 is 0. The van der Waals surface area contributed by atoms with Gasteiger partial charge in [-0.1, -0.05) is 0 Å². The van der Waals surface area contributed by atoms with Crippen LogP contribution in [0.2, 0.25) is 0 Å². The van der Waals surface area contributed by atoms with Gasteiger partial charge in [-0.3, -0.25) is 9.69 Å². The van der Waals surface area contributed by atoms with Crippen molar-refractivity contribution >= 4 is 12.0 Å². The Balaban J connectivity index is 1.85. The average Bonchev–Trinajstić information content (AvgIpc) is 2.59. The smallest absolute Gasteiger partial charge is 0.317 e. The molecule has 0 aromatic carbocycles. The largest absolute Gasteiger partial charge is 0.481 e. The van der Waals surface area contributed by atoms with Gasteiger partial charge < -0.3 is 20.4 Å². The molecule has 2 aliphatic rings. The molecular weight excluding hydrogens is 274 g/mol. The van der Waals surface area contributed by atoms with E-state index < -0.39 is 11.6 Å². The van der Waals surface area contributed by atoms with Crippen molar-refractivity contribution < 1.29 is 19.8 Å². The maximum Gasteiger partial charge on any atom is 0.317 e. The Labute approximate surface area is 124 Å². The van der Waals surface area contributed by atoms with E-state index in [-0.39, 0.29) is 19.0 Å². The second kappa shape index (κ2) is 6.19. The van der Waals surface area contributed by atoms with E-state index >= 15 is 0 Å². The van der Waals surface area contributed by atoms with Crippen LogP contribution in [0.3, 0.4) is 0 Å². The minimum Gasteiger partial charge on any atom is -0.481 e. The molecule has 21 heavy (non-hydrogen) atoms. The van der Waals surface area contributed by atoms with Crippen LogP contribution in [0.5, 0.6) is 0 Å². The zero-order valence-electron chi connectivity index (χ0n) is 12.7. The first-order valence-corrected chi connectivity index (χ1v) is 7.47. The molecular formula is C14H25N3O4. The Morgan fingerprint density at radius 1 is 1.29 bits per heavy atom. The van der Waals surface area contributed by atoms with Crippen molar-refractivity contribution in [3.05, 3.63) is 0 Å². The van der Waals surface area contributed by atoms with Crippen molar-refractivity contribution in [3.63, 3.8) is 0 Å². The van der Waals surface area contributed by atoms with E-state index in [0.717, 1.165) is 12.8 Å². The van der Waals surface area contributed by atoms with Gasteiger partial charge in [-0.15, -0.1) is 0 Å². The van der Waals surface area contributed by atoms with E-state index in [1.807, 2.05) is 0 Å². The lowest BCUT2D eigenvalue weighted by atomic mass is 10.0. The molecule has 0 radical (unpaired) electrons. The van der Waals surface area contributed by atoms with E-state index in [1.165, 1.54) is 13.3 Å². The van der Waals surface area contributed by atoms with E-state index in [2.05, 4.69) is 17.3 Å². The van der Waals surface area contributed by atoms with Crippen molar-refractivity contribution in [1.29, 1.82) is 0 Å². The highest BCUT2D eigenvalue weighted by Crippen LogP contribution is 2.28. The number of likely N-dealkylation sites (tertiary alicyclic amines) is 1. The number of amides is 2. The molecule has 3 unspecified atom stereocenters. The van der Waals surface area contributed by atoms with Crippen molar-refractivity contribution in [2.24, 2.45) is 0 Å². The number of likely N-dealkylation sites (N-methyl/N-ethyl adjacent to an activating group) is 1. The average molecular weight is 299 g/mol. The van der Waals surface area contributed by atoms with Crippen molar-refractivity contribution in [2.45, 2.75) is 50.3 Å². The number of aliphatic hydroxyl groups is 1. The summed E-state index contributed by atoms with van der Waals surface area (Å²) in [7, 11) is 2.11. The molecule has 3 atom stereocenters. The zero-order valence-corrected chi connectivity index (χ0v) is 12.7. The third-order valence-corrected chi connectivity index (χ3v) is 4.59. The highest BCUT2D eigenvalue weighted by Gasteiger charge is 2.36. The Morgan fingerprint density at radius 2 is 1.95 bits per heavy atom. The fourth-order valence-electron chi connectivity index (χ4n) is 3.26. The number of hydrogen-bond acceptors (Lipinski definition) is 4. The first-order valence-electron chi connectivity index (χ1n) is 7.47. The Kier molecular flexibility index (Phi) is 4.73. The van der Waals surface area contributed by atoms with E-state index in [4.69, 9.17) is 5.11 Å². The normalized spacial score (nSPS) is 28.8. The second-order valence-corrected chi connectivity index (χ2v) is 6.51. The molecule has 0 spiro atoms. The van der Waals surface area contributed by atoms with Gasteiger partial charge in [-0.05, 0) is 33.2 Å². The number of nitrogens with zero attached hydrogens (tertiary/aromatic N) is 2. The summed E-state index contributed by atoms with van der Waals surface area (Å²) in [5.74, 6) is -1.08. The molecule has 2 aliphatic heterocycles. The summed E-state index contributed by atoms with van der Waals surface area (Å²) in [4.78, 5) is 27.0. The molecule has 2 bridgehead atoms. The number of urea groups is 1. The maximum absolute atomic E-state index is 12.2. The summed E-state index contributed by atoms with van der Waals surface area (Å²) in [5.41, 5.74) is -1.43. The zero-order chi connectivity index (χ0) is 15.6. The van der Waals surface area contributed by atoms with Crippen LogP contribution >= 0.6 is 0 Å². The van der Waals surface area contributed by atoms with Crippen LogP contribution in [0.1, 0.15) is 32.6 Å². The Hall–Kier alpha value is -1.34. The number of carboxylic acid groups (broad SMARTS) is 1.